The van der Waals surface area contributed by atoms with Gasteiger partial charge in [-0.2, -0.15) is 13.2 Å². The van der Waals surface area contributed by atoms with E-state index in [2.05, 4.69) is 15.0 Å². The van der Waals surface area contributed by atoms with Crippen LogP contribution in [0.5, 0.6) is 5.88 Å². The van der Waals surface area contributed by atoms with E-state index in [0.29, 0.717) is 6.04 Å². The fourth-order valence-corrected chi connectivity index (χ4v) is 3.34. The molecule has 1 N–H and O–H groups in total. The Morgan fingerprint density at radius 3 is 2.65 bits per heavy atom. The summed E-state index contributed by atoms with van der Waals surface area (Å²) in [5, 5.41) is 3.43. The van der Waals surface area contributed by atoms with E-state index in [4.69, 9.17) is 0 Å². The zero-order valence-electron chi connectivity index (χ0n) is 11.0. The Bertz CT molecular complexity index is 460. The first-order valence-corrected chi connectivity index (χ1v) is 6.92. The predicted molar refractivity (Wildman–Crippen MR) is 68.6 cm³/mol. The minimum Gasteiger partial charge on any atom is -0.468 e. The Hall–Kier alpha value is -1.46. The van der Waals surface area contributed by atoms with Gasteiger partial charge in [-0.3, -0.25) is 0 Å². The molecular weight excluding hydrogens is 269 g/mol. The molecule has 2 aliphatic rings. The standard InChI is InChI=1S/C14H17F3N2O/c15-14(16,17)8-20-13-4-3-11(7-18-13)19-12-6-9-1-2-10(12)5-9/h3-4,7,9-10,12,19H,1-2,5-6,8H2. The number of halogens is 3. The molecule has 110 valence electrons. The number of ether oxygens (including phenoxy) is 1. The number of fused-ring (bicyclic) bond motifs is 2. The molecule has 2 aliphatic carbocycles. The molecule has 3 atom stereocenters. The Balaban J connectivity index is 1.54. The third-order valence-electron chi connectivity index (χ3n) is 4.21. The fraction of sp³-hybridized carbons (Fsp3) is 0.643. The second-order valence-electron chi connectivity index (χ2n) is 5.71. The van der Waals surface area contributed by atoms with Crippen LogP contribution in [0.25, 0.3) is 0 Å². The summed E-state index contributed by atoms with van der Waals surface area (Å²) in [4.78, 5) is 3.90. The molecule has 3 rings (SSSR count). The number of pyridine rings is 1. The van der Waals surface area contributed by atoms with Gasteiger partial charge < -0.3 is 10.1 Å². The van der Waals surface area contributed by atoms with Crippen molar-refractivity contribution in [3.05, 3.63) is 18.3 Å². The second-order valence-corrected chi connectivity index (χ2v) is 5.71. The fourth-order valence-electron chi connectivity index (χ4n) is 3.34. The summed E-state index contributed by atoms with van der Waals surface area (Å²) < 4.78 is 40.6. The highest BCUT2D eigenvalue weighted by atomic mass is 19.4. The van der Waals surface area contributed by atoms with Crippen molar-refractivity contribution < 1.29 is 17.9 Å². The molecular formula is C14H17F3N2O. The minimum absolute atomic E-state index is 0.000757. The van der Waals surface area contributed by atoms with Crippen molar-refractivity contribution in [2.45, 2.75) is 37.9 Å². The summed E-state index contributed by atoms with van der Waals surface area (Å²) in [6.07, 6.45) is 2.32. The molecule has 3 unspecified atom stereocenters. The number of alkyl halides is 3. The Kier molecular flexibility index (Phi) is 3.48. The number of hydrogen-bond donors (Lipinski definition) is 1. The van der Waals surface area contributed by atoms with Gasteiger partial charge in [-0.05, 0) is 37.2 Å². The van der Waals surface area contributed by atoms with Gasteiger partial charge in [-0.15, -0.1) is 0 Å². The highest BCUT2D eigenvalue weighted by Crippen LogP contribution is 2.45. The molecule has 20 heavy (non-hydrogen) atoms. The maximum absolute atomic E-state index is 12.0. The lowest BCUT2D eigenvalue weighted by Crippen LogP contribution is -2.25. The van der Waals surface area contributed by atoms with Crippen LogP contribution in [0, 0.1) is 11.8 Å². The average molecular weight is 286 g/mol. The lowest BCUT2D eigenvalue weighted by atomic mass is 9.95. The molecule has 2 bridgehead atoms. The van der Waals surface area contributed by atoms with Gasteiger partial charge in [0.05, 0.1) is 11.9 Å². The van der Waals surface area contributed by atoms with Crippen LogP contribution in [0.2, 0.25) is 0 Å². The van der Waals surface area contributed by atoms with Gasteiger partial charge in [0.2, 0.25) is 5.88 Å². The average Bonchev–Trinajstić information content (AvgIpc) is 2.99. The highest BCUT2D eigenvalue weighted by Gasteiger charge is 2.39. The van der Waals surface area contributed by atoms with Gasteiger partial charge >= 0.3 is 6.18 Å². The molecule has 0 radical (unpaired) electrons. The van der Waals surface area contributed by atoms with Gasteiger partial charge in [0.15, 0.2) is 6.61 Å². The molecule has 0 amide bonds. The molecule has 0 saturated heterocycles. The summed E-state index contributed by atoms with van der Waals surface area (Å²) in [6, 6.07) is 3.68. The topological polar surface area (TPSA) is 34.1 Å². The number of nitrogens with one attached hydrogen (secondary N) is 1. The zero-order valence-corrected chi connectivity index (χ0v) is 11.0. The Labute approximate surface area is 115 Å². The molecule has 0 spiro atoms. The van der Waals surface area contributed by atoms with Crippen molar-refractivity contribution in [1.29, 1.82) is 0 Å². The van der Waals surface area contributed by atoms with Crippen LogP contribution in [0.15, 0.2) is 18.3 Å². The van der Waals surface area contributed by atoms with Gasteiger partial charge in [0.25, 0.3) is 0 Å². The quantitative estimate of drug-likeness (QED) is 0.918. The normalized spacial score (nSPS) is 28.6. The van der Waals surface area contributed by atoms with Crippen molar-refractivity contribution in [1.82, 2.24) is 4.98 Å². The van der Waals surface area contributed by atoms with Crippen LogP contribution in [0.1, 0.15) is 25.7 Å². The van der Waals surface area contributed by atoms with Crippen molar-refractivity contribution >= 4 is 5.69 Å². The molecule has 0 aromatic carbocycles. The molecule has 3 nitrogen and oxygen atoms in total. The lowest BCUT2D eigenvalue weighted by Gasteiger charge is -2.23. The molecule has 1 aromatic heterocycles. The van der Waals surface area contributed by atoms with Crippen LogP contribution in [-0.2, 0) is 0 Å². The smallest absolute Gasteiger partial charge is 0.422 e. The molecule has 1 aromatic rings. The number of nitrogens with zero attached hydrogens (tertiary/aromatic N) is 1. The van der Waals surface area contributed by atoms with Crippen LogP contribution in [0.4, 0.5) is 18.9 Å². The summed E-state index contributed by atoms with van der Waals surface area (Å²) in [7, 11) is 0. The van der Waals surface area contributed by atoms with Crippen LogP contribution < -0.4 is 10.1 Å². The first-order valence-electron chi connectivity index (χ1n) is 6.92. The van der Waals surface area contributed by atoms with E-state index in [1.165, 1.54) is 37.9 Å². The maximum Gasteiger partial charge on any atom is 0.422 e. The Morgan fingerprint density at radius 2 is 2.10 bits per heavy atom. The van der Waals surface area contributed by atoms with Crippen molar-refractivity contribution in [2.24, 2.45) is 11.8 Å². The van der Waals surface area contributed by atoms with Crippen molar-refractivity contribution in [2.75, 3.05) is 11.9 Å². The molecule has 0 aliphatic heterocycles. The maximum atomic E-state index is 12.0. The SMILES string of the molecule is FC(F)(F)COc1ccc(NC2CC3CCC2C3)cn1. The summed E-state index contributed by atoms with van der Waals surface area (Å²) in [5.41, 5.74) is 0.849. The summed E-state index contributed by atoms with van der Waals surface area (Å²) >= 11 is 0. The first-order chi connectivity index (χ1) is 9.49. The van der Waals surface area contributed by atoms with E-state index in [-0.39, 0.29) is 5.88 Å². The van der Waals surface area contributed by atoms with Crippen LogP contribution in [0.3, 0.4) is 0 Å². The summed E-state index contributed by atoms with van der Waals surface area (Å²) in [5.74, 6) is 1.59. The first kappa shape index (κ1) is 13.5. The second kappa shape index (κ2) is 5.14. The van der Waals surface area contributed by atoms with E-state index < -0.39 is 12.8 Å². The third kappa shape index (κ3) is 3.16. The molecule has 2 fully saturated rings. The van der Waals surface area contributed by atoms with E-state index >= 15 is 0 Å². The van der Waals surface area contributed by atoms with E-state index in [0.717, 1.165) is 17.5 Å². The minimum atomic E-state index is -4.33. The van der Waals surface area contributed by atoms with Gasteiger partial charge in [-0.25, -0.2) is 4.98 Å². The van der Waals surface area contributed by atoms with E-state index in [1.807, 2.05) is 0 Å². The molecule has 6 heteroatoms. The van der Waals surface area contributed by atoms with Crippen molar-refractivity contribution in [3.63, 3.8) is 0 Å². The third-order valence-corrected chi connectivity index (χ3v) is 4.21. The van der Waals surface area contributed by atoms with Gasteiger partial charge in [-0.1, -0.05) is 6.42 Å². The Morgan fingerprint density at radius 1 is 1.25 bits per heavy atom. The highest BCUT2D eigenvalue weighted by molar-refractivity contribution is 5.43. The number of rotatable bonds is 4. The lowest BCUT2D eigenvalue weighted by molar-refractivity contribution is -0.154. The summed E-state index contributed by atoms with van der Waals surface area (Å²) in [6.45, 7) is -1.31. The largest absolute Gasteiger partial charge is 0.468 e. The van der Waals surface area contributed by atoms with Crippen LogP contribution >= 0.6 is 0 Å². The van der Waals surface area contributed by atoms with Gasteiger partial charge in [0.1, 0.15) is 0 Å². The van der Waals surface area contributed by atoms with E-state index in [9.17, 15) is 13.2 Å². The van der Waals surface area contributed by atoms with E-state index in [1.54, 1.807) is 6.07 Å². The number of hydrogen-bond acceptors (Lipinski definition) is 3. The van der Waals surface area contributed by atoms with Gasteiger partial charge in [0, 0.05) is 12.1 Å². The molecule has 1 heterocycles. The monoisotopic (exact) mass is 286 g/mol. The zero-order chi connectivity index (χ0) is 14.2. The molecule has 2 saturated carbocycles. The number of anilines is 1. The van der Waals surface area contributed by atoms with Crippen LogP contribution in [-0.4, -0.2) is 23.8 Å². The van der Waals surface area contributed by atoms with Crippen molar-refractivity contribution in [3.8, 4) is 5.88 Å². The predicted octanol–water partition coefficient (Wildman–Crippen LogP) is 3.62. The number of aromatic nitrogens is 1.